The van der Waals surface area contributed by atoms with E-state index in [1.54, 1.807) is 73.8 Å². The molecule has 1 saturated heterocycles. The van der Waals surface area contributed by atoms with Crippen molar-refractivity contribution >= 4 is 34.6 Å². The van der Waals surface area contributed by atoms with Crippen LogP contribution in [-0.4, -0.2) is 70.2 Å². The topological polar surface area (TPSA) is 107 Å². The molecule has 198 valence electrons. The minimum atomic E-state index is -1.57. The van der Waals surface area contributed by atoms with Crippen LogP contribution in [0.25, 0.3) is 10.9 Å². The average molecular weight is 523 g/mol. The molecule has 0 bridgehead atoms. The van der Waals surface area contributed by atoms with Crippen LogP contribution in [0.1, 0.15) is 53.7 Å². The van der Waals surface area contributed by atoms with E-state index in [2.05, 4.69) is 4.98 Å². The largest absolute Gasteiger partial charge is 0.497 e. The maximum atomic E-state index is 13.0. The number of hydrogen-bond acceptors (Lipinski definition) is 8. The monoisotopic (exact) mass is 522 g/mol. The van der Waals surface area contributed by atoms with Crippen molar-refractivity contribution in [3.05, 3.63) is 28.9 Å². The molecular weight excluding hydrogens is 488 g/mol. The Balaban J connectivity index is 1.91. The lowest BCUT2D eigenvalue weighted by molar-refractivity contribution is -0.160. The standard InChI is InChI=1S/C26H35ClN2O7/c1-15-20(27)21(17-11-16(33-8)9-10-18(17)28-15)34-14-26(32)12-19(22(30)35-24(2,3)4)29(13-26)23(31)36-25(5,6)7/h9-11,19,32H,12-14H2,1-8H3/t19?,26-/m1/s1. The van der Waals surface area contributed by atoms with Crippen LogP contribution in [0.2, 0.25) is 5.02 Å². The van der Waals surface area contributed by atoms with Gasteiger partial charge in [0.15, 0.2) is 0 Å². The van der Waals surface area contributed by atoms with Gasteiger partial charge in [-0.1, -0.05) is 11.6 Å². The molecule has 1 amide bonds. The molecule has 1 aliphatic rings. The quantitative estimate of drug-likeness (QED) is 0.565. The van der Waals surface area contributed by atoms with Crippen molar-refractivity contribution < 1.29 is 33.6 Å². The maximum absolute atomic E-state index is 13.0. The first-order valence-electron chi connectivity index (χ1n) is 11.7. The predicted molar refractivity (Wildman–Crippen MR) is 136 cm³/mol. The van der Waals surface area contributed by atoms with Crippen LogP contribution in [0.5, 0.6) is 11.5 Å². The summed E-state index contributed by atoms with van der Waals surface area (Å²) in [5.74, 6) is 0.294. The number of carbonyl (C=O) groups is 2. The maximum Gasteiger partial charge on any atom is 0.411 e. The number of ether oxygens (including phenoxy) is 4. The van der Waals surface area contributed by atoms with Crippen LogP contribution in [0.3, 0.4) is 0 Å². The number of β-amino-alcohol motifs (C(OH)–C–C–N with tert-alkyl or cyclic N) is 1. The molecule has 3 rings (SSSR count). The van der Waals surface area contributed by atoms with Crippen LogP contribution in [0, 0.1) is 6.92 Å². The molecule has 1 N–H and O–H groups in total. The van der Waals surface area contributed by atoms with Crippen molar-refractivity contribution in [3.63, 3.8) is 0 Å². The van der Waals surface area contributed by atoms with Gasteiger partial charge in [-0.2, -0.15) is 0 Å². The average Bonchev–Trinajstić information content (AvgIpc) is 3.10. The first kappa shape index (κ1) is 27.8. The van der Waals surface area contributed by atoms with Crippen LogP contribution in [-0.2, 0) is 14.3 Å². The highest BCUT2D eigenvalue weighted by molar-refractivity contribution is 6.33. The number of fused-ring (bicyclic) bond motifs is 1. The van der Waals surface area contributed by atoms with Gasteiger partial charge in [-0.3, -0.25) is 9.88 Å². The number of aromatic nitrogens is 1. The van der Waals surface area contributed by atoms with Gasteiger partial charge in [-0.15, -0.1) is 0 Å². The Bertz CT molecular complexity index is 1120. The number of methoxy groups -OCH3 is 1. The summed E-state index contributed by atoms with van der Waals surface area (Å²) in [6.07, 6.45) is -0.813. The van der Waals surface area contributed by atoms with Crippen LogP contribution >= 0.6 is 11.6 Å². The second-order valence-electron chi connectivity index (χ2n) is 11.1. The number of esters is 1. The van der Waals surface area contributed by atoms with Crippen molar-refractivity contribution in [2.24, 2.45) is 0 Å². The van der Waals surface area contributed by atoms with Crippen LogP contribution in [0.4, 0.5) is 4.79 Å². The molecule has 2 heterocycles. The molecule has 9 nitrogen and oxygen atoms in total. The molecule has 2 atom stereocenters. The Hall–Kier alpha value is -2.78. The molecule has 10 heteroatoms. The van der Waals surface area contributed by atoms with E-state index in [9.17, 15) is 14.7 Å². The molecule has 0 saturated carbocycles. The fourth-order valence-corrected chi connectivity index (χ4v) is 4.14. The van der Waals surface area contributed by atoms with E-state index in [0.717, 1.165) is 0 Å². The molecule has 1 aromatic heterocycles. The van der Waals surface area contributed by atoms with Gasteiger partial charge in [0.2, 0.25) is 0 Å². The van der Waals surface area contributed by atoms with Crippen molar-refractivity contribution in [3.8, 4) is 11.5 Å². The lowest BCUT2D eigenvalue weighted by Gasteiger charge is -2.29. The fraction of sp³-hybridized carbons (Fsp3) is 0.577. The summed E-state index contributed by atoms with van der Waals surface area (Å²) in [7, 11) is 1.55. The molecule has 0 aliphatic carbocycles. The summed E-state index contributed by atoms with van der Waals surface area (Å²) >= 11 is 6.53. The molecule has 1 unspecified atom stereocenters. The number of halogens is 1. The highest BCUT2D eigenvalue weighted by atomic mass is 35.5. The van der Waals surface area contributed by atoms with Crippen molar-refractivity contribution in [2.45, 2.75) is 77.7 Å². The smallest absolute Gasteiger partial charge is 0.411 e. The zero-order valence-electron chi connectivity index (χ0n) is 22.1. The van der Waals surface area contributed by atoms with Crippen LogP contribution < -0.4 is 9.47 Å². The van der Waals surface area contributed by atoms with Gasteiger partial charge in [-0.05, 0) is 66.7 Å². The third kappa shape index (κ3) is 6.50. The van der Waals surface area contributed by atoms with Gasteiger partial charge < -0.3 is 24.1 Å². The second kappa shape index (κ2) is 9.94. The van der Waals surface area contributed by atoms with E-state index < -0.39 is 34.9 Å². The third-order valence-corrected chi connectivity index (χ3v) is 5.90. The Morgan fingerprint density at radius 3 is 2.39 bits per heavy atom. The lowest BCUT2D eigenvalue weighted by atomic mass is 10.0. The minimum Gasteiger partial charge on any atom is -0.497 e. The fourth-order valence-electron chi connectivity index (χ4n) is 3.94. The van der Waals surface area contributed by atoms with Gasteiger partial charge in [0, 0.05) is 11.8 Å². The number of aryl methyl sites for hydroxylation is 1. The minimum absolute atomic E-state index is 0.0932. The SMILES string of the molecule is COc1ccc2nc(C)c(Cl)c(OC[C@@]3(O)CC(C(=O)OC(C)(C)C)N(C(=O)OC(C)(C)C)C3)c2c1. The number of rotatable bonds is 5. The molecule has 1 aliphatic heterocycles. The second-order valence-corrected chi connectivity index (χ2v) is 11.5. The summed E-state index contributed by atoms with van der Waals surface area (Å²) in [4.78, 5) is 31.6. The lowest BCUT2D eigenvalue weighted by Crippen LogP contribution is -2.46. The first-order chi connectivity index (χ1) is 16.5. The summed E-state index contributed by atoms with van der Waals surface area (Å²) in [6, 6.07) is 4.27. The van der Waals surface area contributed by atoms with Gasteiger partial charge in [0.1, 0.15) is 46.0 Å². The van der Waals surface area contributed by atoms with Gasteiger partial charge >= 0.3 is 12.1 Å². The van der Waals surface area contributed by atoms with E-state index in [0.29, 0.717) is 33.1 Å². The Morgan fingerprint density at radius 1 is 1.17 bits per heavy atom. The zero-order chi connectivity index (χ0) is 27.1. The number of hydrogen-bond donors (Lipinski definition) is 1. The molecule has 1 aromatic carbocycles. The first-order valence-corrected chi connectivity index (χ1v) is 12.1. The van der Waals surface area contributed by atoms with Crippen molar-refractivity contribution in [2.75, 3.05) is 20.3 Å². The number of nitrogens with zero attached hydrogens (tertiary/aromatic N) is 2. The molecule has 1 fully saturated rings. The summed E-state index contributed by atoms with van der Waals surface area (Å²) in [5.41, 5.74) is -1.91. The zero-order valence-corrected chi connectivity index (χ0v) is 22.9. The number of aliphatic hydroxyl groups is 1. The van der Waals surface area contributed by atoms with E-state index >= 15 is 0 Å². The Labute approximate surface area is 216 Å². The third-order valence-electron chi connectivity index (χ3n) is 5.46. The summed E-state index contributed by atoms with van der Waals surface area (Å²) < 4.78 is 22.4. The molecule has 0 radical (unpaired) electrons. The van der Waals surface area contributed by atoms with Gasteiger partial charge in [-0.25, -0.2) is 9.59 Å². The van der Waals surface area contributed by atoms with Crippen molar-refractivity contribution in [1.29, 1.82) is 0 Å². The Morgan fingerprint density at radius 2 is 1.81 bits per heavy atom. The van der Waals surface area contributed by atoms with E-state index in [-0.39, 0.29) is 19.6 Å². The molecule has 36 heavy (non-hydrogen) atoms. The summed E-state index contributed by atoms with van der Waals surface area (Å²) in [6.45, 7) is 11.7. The van der Waals surface area contributed by atoms with E-state index in [1.807, 2.05) is 0 Å². The summed E-state index contributed by atoms with van der Waals surface area (Å²) in [5, 5.41) is 12.4. The van der Waals surface area contributed by atoms with Gasteiger partial charge in [0.05, 0.1) is 24.9 Å². The molecule has 2 aromatic rings. The number of pyridine rings is 1. The van der Waals surface area contributed by atoms with E-state index in [4.69, 9.17) is 30.5 Å². The molecule has 0 spiro atoms. The predicted octanol–water partition coefficient (Wildman–Crippen LogP) is 4.67. The molecular formula is C26H35ClN2O7. The van der Waals surface area contributed by atoms with E-state index in [1.165, 1.54) is 4.90 Å². The van der Waals surface area contributed by atoms with Crippen molar-refractivity contribution in [1.82, 2.24) is 9.88 Å². The normalized spacial score (nSPS) is 20.4. The number of amides is 1. The highest BCUT2D eigenvalue weighted by Gasteiger charge is 2.51. The number of carbonyl (C=O) groups excluding carboxylic acids is 2. The van der Waals surface area contributed by atoms with Gasteiger partial charge in [0.25, 0.3) is 0 Å². The number of likely N-dealkylation sites (tertiary alicyclic amines) is 1. The number of benzene rings is 1. The highest BCUT2D eigenvalue weighted by Crippen LogP contribution is 2.38. The Kier molecular flexibility index (Phi) is 7.67. The van der Waals surface area contributed by atoms with Crippen LogP contribution in [0.15, 0.2) is 18.2 Å².